The van der Waals surface area contributed by atoms with E-state index in [1.54, 1.807) is 30.3 Å². The van der Waals surface area contributed by atoms with Gasteiger partial charge in [0.2, 0.25) is 0 Å². The third-order valence-corrected chi connectivity index (χ3v) is 6.40. The Kier molecular flexibility index (Phi) is 7.83. The van der Waals surface area contributed by atoms with E-state index < -0.39 is 23.5 Å². The van der Waals surface area contributed by atoms with Crippen molar-refractivity contribution in [3.63, 3.8) is 0 Å². The molecule has 0 bridgehead atoms. The van der Waals surface area contributed by atoms with Gasteiger partial charge in [0.25, 0.3) is 11.7 Å². The van der Waals surface area contributed by atoms with Gasteiger partial charge >= 0.3 is 0 Å². The van der Waals surface area contributed by atoms with E-state index in [1.165, 1.54) is 17.0 Å². The maximum absolute atomic E-state index is 13.7. The summed E-state index contributed by atoms with van der Waals surface area (Å²) in [7, 11) is 0. The lowest BCUT2D eigenvalue weighted by molar-refractivity contribution is -0.140. The van der Waals surface area contributed by atoms with Gasteiger partial charge in [-0.15, -0.1) is 0 Å². The first-order valence-electron chi connectivity index (χ1n) is 12.0. The first-order chi connectivity index (χ1) is 16.9. The number of aryl methyl sites for hydroxylation is 1. The fraction of sp³-hybridized carbons (Fsp3) is 0.407. The summed E-state index contributed by atoms with van der Waals surface area (Å²) in [5.74, 6) is -1.39. The van der Waals surface area contributed by atoms with Gasteiger partial charge in [-0.3, -0.25) is 14.5 Å². The van der Waals surface area contributed by atoms with Crippen molar-refractivity contribution in [2.75, 3.05) is 46.0 Å². The number of morpholine rings is 1. The van der Waals surface area contributed by atoms with Crippen molar-refractivity contribution in [1.29, 1.82) is 0 Å². The number of amides is 1. The largest absolute Gasteiger partial charge is 0.507 e. The Morgan fingerprint density at radius 3 is 2.49 bits per heavy atom. The van der Waals surface area contributed by atoms with Crippen LogP contribution < -0.4 is 4.74 Å². The first kappa shape index (κ1) is 24.9. The van der Waals surface area contributed by atoms with E-state index in [0.717, 1.165) is 25.1 Å². The highest BCUT2D eigenvalue weighted by Gasteiger charge is 2.46. The Bertz CT molecular complexity index is 1110. The van der Waals surface area contributed by atoms with Crippen LogP contribution in [0.2, 0.25) is 0 Å². The smallest absolute Gasteiger partial charge is 0.295 e. The lowest BCUT2D eigenvalue weighted by Gasteiger charge is -2.31. The normalized spacial score (nSPS) is 20.4. The molecule has 0 aromatic heterocycles. The summed E-state index contributed by atoms with van der Waals surface area (Å²) in [5.41, 5.74) is 1.80. The van der Waals surface area contributed by atoms with Crippen LogP contribution in [0, 0.1) is 12.7 Å². The molecule has 2 aliphatic heterocycles. The van der Waals surface area contributed by atoms with Crippen LogP contribution in [0.3, 0.4) is 0 Å². The molecular weight excluding hydrogens is 451 g/mol. The zero-order valence-corrected chi connectivity index (χ0v) is 20.1. The number of carbonyl (C=O) groups is 2. The molecule has 1 atom stereocenters. The van der Waals surface area contributed by atoms with Gasteiger partial charge in [0.1, 0.15) is 17.3 Å². The molecule has 1 N–H and O–H groups in total. The number of ketones is 1. The van der Waals surface area contributed by atoms with E-state index >= 15 is 0 Å². The predicted octanol–water partition coefficient (Wildman–Crippen LogP) is 3.68. The third-order valence-electron chi connectivity index (χ3n) is 6.40. The molecule has 2 fully saturated rings. The molecule has 1 unspecified atom stereocenters. The predicted molar refractivity (Wildman–Crippen MR) is 130 cm³/mol. The second-order valence-electron chi connectivity index (χ2n) is 8.83. The van der Waals surface area contributed by atoms with Crippen LogP contribution in [-0.2, 0) is 14.3 Å². The molecule has 0 radical (unpaired) electrons. The zero-order chi connectivity index (χ0) is 24.9. The highest BCUT2D eigenvalue weighted by molar-refractivity contribution is 6.46. The van der Waals surface area contributed by atoms with Crippen molar-refractivity contribution in [2.45, 2.75) is 26.3 Å². The highest BCUT2D eigenvalue weighted by Crippen LogP contribution is 2.39. The van der Waals surface area contributed by atoms with Gasteiger partial charge in [0.15, 0.2) is 0 Å². The zero-order valence-electron chi connectivity index (χ0n) is 20.1. The second-order valence-corrected chi connectivity index (χ2v) is 8.83. The minimum atomic E-state index is -0.812. The summed E-state index contributed by atoms with van der Waals surface area (Å²) < 4.78 is 24.8. The molecular formula is C27H31FN2O5. The van der Waals surface area contributed by atoms with Gasteiger partial charge in [-0.2, -0.15) is 0 Å². The van der Waals surface area contributed by atoms with Gasteiger partial charge < -0.3 is 19.5 Å². The van der Waals surface area contributed by atoms with E-state index in [2.05, 4.69) is 4.90 Å². The van der Waals surface area contributed by atoms with Gasteiger partial charge in [-0.1, -0.05) is 19.1 Å². The first-order valence-corrected chi connectivity index (χ1v) is 12.0. The van der Waals surface area contributed by atoms with Gasteiger partial charge in [-0.25, -0.2) is 4.39 Å². The number of ether oxygens (including phenoxy) is 2. The van der Waals surface area contributed by atoms with Crippen molar-refractivity contribution in [1.82, 2.24) is 9.80 Å². The van der Waals surface area contributed by atoms with Crippen molar-refractivity contribution < 1.29 is 28.6 Å². The number of halogens is 1. The Labute approximate surface area is 204 Å². The SMILES string of the molecule is CCCOc1ccc(C(O)=C2C(=O)C(=O)N(CCN3CCOCC3)C2c2ccc(F)cc2)cc1C. The summed E-state index contributed by atoms with van der Waals surface area (Å²) in [6, 6.07) is 10.0. The number of likely N-dealkylation sites (tertiary alicyclic amines) is 1. The van der Waals surface area contributed by atoms with Crippen LogP contribution in [-0.4, -0.2) is 72.6 Å². The molecule has 35 heavy (non-hydrogen) atoms. The average molecular weight is 483 g/mol. The maximum Gasteiger partial charge on any atom is 0.295 e. The molecule has 7 nitrogen and oxygen atoms in total. The molecule has 0 saturated carbocycles. The summed E-state index contributed by atoms with van der Waals surface area (Å²) in [6.45, 7) is 8.06. The monoisotopic (exact) mass is 482 g/mol. The molecule has 186 valence electrons. The molecule has 2 heterocycles. The van der Waals surface area contributed by atoms with Crippen molar-refractivity contribution >= 4 is 17.4 Å². The minimum absolute atomic E-state index is 0.00483. The van der Waals surface area contributed by atoms with E-state index in [4.69, 9.17) is 9.47 Å². The second kappa shape index (κ2) is 11.0. The van der Waals surface area contributed by atoms with E-state index in [9.17, 15) is 19.1 Å². The van der Waals surface area contributed by atoms with E-state index in [1.807, 2.05) is 13.8 Å². The van der Waals surface area contributed by atoms with Crippen molar-refractivity contribution in [2.24, 2.45) is 0 Å². The lowest BCUT2D eigenvalue weighted by Crippen LogP contribution is -2.42. The Morgan fingerprint density at radius 2 is 1.83 bits per heavy atom. The van der Waals surface area contributed by atoms with Gasteiger partial charge in [-0.05, 0) is 54.8 Å². The van der Waals surface area contributed by atoms with E-state index in [-0.39, 0.29) is 11.3 Å². The molecule has 4 rings (SSSR count). The van der Waals surface area contributed by atoms with Crippen LogP contribution in [0.25, 0.3) is 5.76 Å². The number of carbonyl (C=O) groups excluding carboxylic acids is 2. The maximum atomic E-state index is 13.7. The van der Waals surface area contributed by atoms with Crippen LogP contribution in [0.5, 0.6) is 5.75 Å². The number of hydrogen-bond donors (Lipinski definition) is 1. The topological polar surface area (TPSA) is 79.3 Å². The number of aliphatic hydroxyl groups is 1. The summed E-state index contributed by atoms with van der Waals surface area (Å²) in [4.78, 5) is 29.9. The van der Waals surface area contributed by atoms with Crippen LogP contribution in [0.15, 0.2) is 48.0 Å². The molecule has 0 aliphatic carbocycles. The fourth-order valence-corrected chi connectivity index (χ4v) is 4.50. The summed E-state index contributed by atoms with van der Waals surface area (Å²) in [5, 5.41) is 11.3. The highest BCUT2D eigenvalue weighted by atomic mass is 19.1. The Hall–Kier alpha value is -3.23. The minimum Gasteiger partial charge on any atom is -0.507 e. The van der Waals surface area contributed by atoms with Crippen LogP contribution in [0.1, 0.15) is 36.1 Å². The number of aliphatic hydroxyl groups excluding tert-OH is 1. The van der Waals surface area contributed by atoms with Crippen LogP contribution >= 0.6 is 0 Å². The Morgan fingerprint density at radius 1 is 1.11 bits per heavy atom. The number of nitrogens with zero attached hydrogens (tertiary/aromatic N) is 2. The van der Waals surface area contributed by atoms with Crippen LogP contribution in [0.4, 0.5) is 4.39 Å². The number of Topliss-reactive ketones (excluding diaryl/α,β-unsaturated/α-hetero) is 1. The quantitative estimate of drug-likeness (QED) is 0.351. The summed E-state index contributed by atoms with van der Waals surface area (Å²) >= 11 is 0. The third kappa shape index (κ3) is 5.39. The van der Waals surface area contributed by atoms with Gasteiger partial charge in [0, 0.05) is 31.7 Å². The molecule has 0 spiro atoms. The van der Waals surface area contributed by atoms with Gasteiger partial charge in [0.05, 0.1) is 31.4 Å². The molecule has 2 saturated heterocycles. The molecule has 2 aliphatic rings. The van der Waals surface area contributed by atoms with E-state index in [0.29, 0.717) is 49.8 Å². The fourth-order valence-electron chi connectivity index (χ4n) is 4.50. The van der Waals surface area contributed by atoms with Crippen molar-refractivity contribution in [3.05, 3.63) is 70.5 Å². The lowest BCUT2D eigenvalue weighted by atomic mass is 9.94. The average Bonchev–Trinajstić information content (AvgIpc) is 3.12. The molecule has 8 heteroatoms. The van der Waals surface area contributed by atoms with Crippen molar-refractivity contribution in [3.8, 4) is 5.75 Å². The molecule has 2 aromatic rings. The standard InChI is InChI=1S/C27H31FN2O5/c1-3-14-35-22-9-6-20(17-18(22)2)25(31)23-24(19-4-7-21(28)8-5-19)30(27(33)26(23)32)11-10-29-12-15-34-16-13-29/h4-9,17,24,31H,3,10-16H2,1-2H3. The Balaban J connectivity index is 1.71. The number of benzene rings is 2. The molecule has 1 amide bonds. The molecule has 2 aromatic carbocycles. The summed E-state index contributed by atoms with van der Waals surface area (Å²) in [6.07, 6.45) is 0.868. The number of hydrogen-bond acceptors (Lipinski definition) is 6. The number of rotatable bonds is 8.